The smallest absolute Gasteiger partial charge is 0.0953 e. The molecule has 1 heterocycles. The molecule has 1 aliphatic rings. The first kappa shape index (κ1) is 12.5. The standard InChI is InChI=1S/C17H21NO/c1-2-18-17(16-9-10-19-12-16)15-8-7-13-5-3-4-6-14(13)11-15/h7-12,17-18H,2-6H2,1H3. The summed E-state index contributed by atoms with van der Waals surface area (Å²) in [6, 6.07) is 9.26. The van der Waals surface area contributed by atoms with Gasteiger partial charge in [0, 0.05) is 5.56 Å². The van der Waals surface area contributed by atoms with Crippen LogP contribution >= 0.6 is 0 Å². The number of hydrogen-bond acceptors (Lipinski definition) is 2. The molecule has 0 amide bonds. The van der Waals surface area contributed by atoms with Crippen molar-refractivity contribution in [2.24, 2.45) is 0 Å². The first-order valence-electron chi connectivity index (χ1n) is 7.25. The van der Waals surface area contributed by atoms with E-state index >= 15 is 0 Å². The normalized spacial score (nSPS) is 16.1. The van der Waals surface area contributed by atoms with Gasteiger partial charge in [0.1, 0.15) is 0 Å². The summed E-state index contributed by atoms with van der Waals surface area (Å²) < 4.78 is 5.24. The molecule has 1 aliphatic carbocycles. The highest BCUT2D eigenvalue weighted by molar-refractivity contribution is 5.38. The summed E-state index contributed by atoms with van der Waals surface area (Å²) in [5.41, 5.74) is 5.63. The Morgan fingerprint density at radius 3 is 2.68 bits per heavy atom. The van der Waals surface area contributed by atoms with Crippen molar-refractivity contribution in [1.29, 1.82) is 0 Å². The highest BCUT2D eigenvalue weighted by Gasteiger charge is 2.17. The SMILES string of the molecule is CCNC(c1ccoc1)c1ccc2c(c1)CCCC2. The molecule has 0 saturated carbocycles. The molecule has 0 bridgehead atoms. The van der Waals surface area contributed by atoms with Crippen LogP contribution in [-0.4, -0.2) is 6.54 Å². The Balaban J connectivity index is 1.94. The number of furan rings is 1. The molecule has 100 valence electrons. The fourth-order valence-corrected chi connectivity index (χ4v) is 3.00. The minimum atomic E-state index is 0.246. The quantitative estimate of drug-likeness (QED) is 0.897. The second kappa shape index (κ2) is 5.62. The van der Waals surface area contributed by atoms with E-state index < -0.39 is 0 Å². The number of aryl methyl sites for hydroxylation is 2. The van der Waals surface area contributed by atoms with E-state index in [1.807, 2.05) is 12.3 Å². The Bertz CT molecular complexity index is 530. The van der Waals surface area contributed by atoms with E-state index in [0.29, 0.717) is 0 Å². The van der Waals surface area contributed by atoms with Crippen molar-refractivity contribution < 1.29 is 4.42 Å². The van der Waals surface area contributed by atoms with E-state index in [4.69, 9.17) is 4.42 Å². The van der Waals surface area contributed by atoms with Crippen molar-refractivity contribution in [3.05, 3.63) is 59.0 Å². The van der Waals surface area contributed by atoms with Crippen LogP contribution in [0.5, 0.6) is 0 Å². The summed E-state index contributed by atoms with van der Waals surface area (Å²) in [5, 5.41) is 3.55. The van der Waals surface area contributed by atoms with Gasteiger partial charge < -0.3 is 9.73 Å². The maximum Gasteiger partial charge on any atom is 0.0953 e. The van der Waals surface area contributed by atoms with E-state index in [2.05, 4.69) is 30.4 Å². The molecule has 19 heavy (non-hydrogen) atoms. The Labute approximate surface area is 114 Å². The Morgan fingerprint density at radius 2 is 1.95 bits per heavy atom. The largest absolute Gasteiger partial charge is 0.472 e. The van der Waals surface area contributed by atoms with Crippen molar-refractivity contribution in [2.45, 2.75) is 38.6 Å². The van der Waals surface area contributed by atoms with E-state index in [-0.39, 0.29) is 6.04 Å². The van der Waals surface area contributed by atoms with Gasteiger partial charge in [-0.3, -0.25) is 0 Å². The fraction of sp³-hybridized carbons (Fsp3) is 0.412. The summed E-state index contributed by atoms with van der Waals surface area (Å²) in [4.78, 5) is 0. The van der Waals surface area contributed by atoms with Crippen molar-refractivity contribution in [3.8, 4) is 0 Å². The zero-order chi connectivity index (χ0) is 13.1. The monoisotopic (exact) mass is 255 g/mol. The Morgan fingerprint density at radius 1 is 1.11 bits per heavy atom. The molecule has 1 unspecified atom stereocenters. The maximum atomic E-state index is 5.24. The molecule has 0 aliphatic heterocycles. The Hall–Kier alpha value is -1.54. The van der Waals surface area contributed by atoms with Crippen LogP contribution in [0.1, 0.15) is 48.1 Å². The maximum absolute atomic E-state index is 5.24. The number of benzene rings is 1. The summed E-state index contributed by atoms with van der Waals surface area (Å²) in [6.07, 6.45) is 8.73. The van der Waals surface area contributed by atoms with Gasteiger partial charge in [-0.15, -0.1) is 0 Å². The number of fused-ring (bicyclic) bond motifs is 1. The van der Waals surface area contributed by atoms with Crippen LogP contribution in [0.3, 0.4) is 0 Å². The molecular formula is C17H21NO. The highest BCUT2D eigenvalue weighted by atomic mass is 16.3. The number of nitrogens with one attached hydrogen (secondary N) is 1. The van der Waals surface area contributed by atoms with Gasteiger partial charge >= 0.3 is 0 Å². The van der Waals surface area contributed by atoms with Crippen molar-refractivity contribution >= 4 is 0 Å². The van der Waals surface area contributed by atoms with Crippen LogP contribution in [-0.2, 0) is 12.8 Å². The summed E-state index contributed by atoms with van der Waals surface area (Å²) in [7, 11) is 0. The molecular weight excluding hydrogens is 234 g/mol. The molecule has 0 spiro atoms. The average molecular weight is 255 g/mol. The second-order valence-corrected chi connectivity index (χ2v) is 5.28. The minimum absolute atomic E-state index is 0.246. The van der Waals surface area contributed by atoms with Crippen LogP contribution in [0, 0.1) is 0 Å². The minimum Gasteiger partial charge on any atom is -0.472 e. The zero-order valence-electron chi connectivity index (χ0n) is 11.5. The molecule has 1 atom stereocenters. The second-order valence-electron chi connectivity index (χ2n) is 5.28. The molecule has 2 nitrogen and oxygen atoms in total. The zero-order valence-corrected chi connectivity index (χ0v) is 11.5. The van der Waals surface area contributed by atoms with E-state index in [0.717, 1.165) is 6.54 Å². The van der Waals surface area contributed by atoms with E-state index in [9.17, 15) is 0 Å². The topological polar surface area (TPSA) is 25.2 Å². The van der Waals surface area contributed by atoms with Crippen LogP contribution < -0.4 is 5.32 Å². The van der Waals surface area contributed by atoms with Gasteiger partial charge in [0.05, 0.1) is 18.6 Å². The van der Waals surface area contributed by atoms with Crippen LogP contribution in [0.4, 0.5) is 0 Å². The molecule has 0 saturated heterocycles. The molecule has 2 heteroatoms. The van der Waals surface area contributed by atoms with Gasteiger partial charge in [-0.1, -0.05) is 25.1 Å². The first-order valence-corrected chi connectivity index (χ1v) is 7.25. The van der Waals surface area contributed by atoms with Gasteiger partial charge in [0.2, 0.25) is 0 Å². The lowest BCUT2D eigenvalue weighted by Crippen LogP contribution is -2.22. The number of hydrogen-bond donors (Lipinski definition) is 1. The van der Waals surface area contributed by atoms with Gasteiger partial charge in [0.25, 0.3) is 0 Å². The molecule has 1 aromatic carbocycles. The molecule has 1 aromatic heterocycles. The third kappa shape index (κ3) is 2.59. The number of rotatable bonds is 4. The van der Waals surface area contributed by atoms with Gasteiger partial charge in [-0.05, 0) is 55.0 Å². The molecule has 3 rings (SSSR count). The molecule has 1 N–H and O–H groups in total. The lowest BCUT2D eigenvalue weighted by atomic mass is 9.88. The van der Waals surface area contributed by atoms with Crippen molar-refractivity contribution in [1.82, 2.24) is 5.32 Å². The lowest BCUT2D eigenvalue weighted by molar-refractivity contribution is 0.552. The molecule has 0 fully saturated rings. The fourth-order valence-electron chi connectivity index (χ4n) is 3.00. The third-order valence-electron chi connectivity index (χ3n) is 3.99. The Kier molecular flexibility index (Phi) is 3.69. The van der Waals surface area contributed by atoms with Crippen molar-refractivity contribution in [3.63, 3.8) is 0 Å². The van der Waals surface area contributed by atoms with E-state index in [1.165, 1.54) is 47.9 Å². The van der Waals surface area contributed by atoms with Crippen LogP contribution in [0.25, 0.3) is 0 Å². The van der Waals surface area contributed by atoms with E-state index in [1.54, 1.807) is 6.26 Å². The van der Waals surface area contributed by atoms with Crippen molar-refractivity contribution in [2.75, 3.05) is 6.54 Å². The van der Waals surface area contributed by atoms with Gasteiger partial charge in [0.15, 0.2) is 0 Å². The lowest BCUT2D eigenvalue weighted by Gasteiger charge is -2.21. The summed E-state index contributed by atoms with van der Waals surface area (Å²) >= 11 is 0. The molecule has 0 radical (unpaired) electrons. The third-order valence-corrected chi connectivity index (χ3v) is 3.99. The van der Waals surface area contributed by atoms with Gasteiger partial charge in [-0.2, -0.15) is 0 Å². The van der Waals surface area contributed by atoms with Gasteiger partial charge in [-0.25, -0.2) is 0 Å². The highest BCUT2D eigenvalue weighted by Crippen LogP contribution is 2.28. The predicted molar refractivity (Wildman–Crippen MR) is 77.3 cm³/mol. The summed E-state index contributed by atoms with van der Waals surface area (Å²) in [5.74, 6) is 0. The first-order chi connectivity index (χ1) is 9.38. The predicted octanol–water partition coefficient (Wildman–Crippen LogP) is 3.86. The van der Waals surface area contributed by atoms with Crippen LogP contribution in [0.15, 0.2) is 41.2 Å². The summed E-state index contributed by atoms with van der Waals surface area (Å²) in [6.45, 7) is 3.10. The molecule has 2 aromatic rings. The van der Waals surface area contributed by atoms with Crippen LogP contribution in [0.2, 0.25) is 0 Å². The average Bonchev–Trinajstić information content (AvgIpc) is 2.98.